The van der Waals surface area contributed by atoms with Crippen LogP contribution in [0.3, 0.4) is 0 Å². The van der Waals surface area contributed by atoms with Crippen molar-refractivity contribution in [1.29, 1.82) is 0 Å². The summed E-state index contributed by atoms with van der Waals surface area (Å²) in [4.78, 5) is 9.85. The summed E-state index contributed by atoms with van der Waals surface area (Å²) in [7, 11) is 2.23. The molecule has 3 atom stereocenters. The van der Waals surface area contributed by atoms with Crippen molar-refractivity contribution in [2.75, 3.05) is 7.05 Å². The molecule has 0 amide bonds. The maximum absolute atomic E-state index is 6.08. The summed E-state index contributed by atoms with van der Waals surface area (Å²) in [5.74, 6) is 1.14. The summed E-state index contributed by atoms with van der Waals surface area (Å²) < 4.78 is 6.08. The van der Waals surface area contributed by atoms with Crippen molar-refractivity contribution in [3.63, 3.8) is 0 Å². The fraction of sp³-hybridized carbons (Fsp3) is 0.350. The van der Waals surface area contributed by atoms with Gasteiger partial charge in [0.05, 0.1) is 17.9 Å². The zero-order valence-electron chi connectivity index (χ0n) is 13.6. The number of rotatable bonds is 0. The third-order valence-electron chi connectivity index (χ3n) is 5.93. The lowest BCUT2D eigenvalue weighted by Gasteiger charge is -2.26. The molecule has 0 radical (unpaired) electrons. The van der Waals surface area contributed by atoms with E-state index in [0.717, 1.165) is 25.3 Å². The third-order valence-corrected chi connectivity index (χ3v) is 5.93. The molecule has 2 aliphatic carbocycles. The molecular weight excluding hydrogens is 298 g/mol. The highest BCUT2D eigenvalue weighted by molar-refractivity contribution is 5.50. The second-order valence-corrected chi connectivity index (χ2v) is 7.18. The highest BCUT2D eigenvalue weighted by Gasteiger charge is 2.44. The van der Waals surface area contributed by atoms with Crippen molar-refractivity contribution in [2.45, 2.75) is 37.6 Å². The van der Waals surface area contributed by atoms with Gasteiger partial charge >= 0.3 is 0 Å². The zero-order chi connectivity index (χ0) is 15.8. The van der Waals surface area contributed by atoms with E-state index in [1.54, 1.807) is 0 Å². The molecule has 0 saturated carbocycles. The monoisotopic (exact) mass is 317 g/mol. The summed E-state index contributed by atoms with van der Waals surface area (Å²) in [6.07, 6.45) is 15.8. The minimum atomic E-state index is 0.117. The van der Waals surface area contributed by atoms with E-state index in [1.807, 2.05) is 0 Å². The van der Waals surface area contributed by atoms with Crippen LogP contribution in [0.15, 0.2) is 53.9 Å². The average molecular weight is 317 g/mol. The molecule has 4 heterocycles. The second-order valence-electron chi connectivity index (χ2n) is 7.18. The third kappa shape index (κ3) is 1.47. The van der Waals surface area contributed by atoms with Gasteiger partial charge in [0, 0.05) is 29.8 Å². The Kier molecular flexibility index (Phi) is 2.32. The van der Waals surface area contributed by atoms with Crippen LogP contribution in [-0.2, 0) is 6.54 Å². The number of hydrogen-bond donors (Lipinski definition) is 0. The highest BCUT2D eigenvalue weighted by Crippen LogP contribution is 2.50. The molecule has 1 aromatic rings. The maximum Gasteiger partial charge on any atom is 0.218 e. The van der Waals surface area contributed by atoms with Crippen LogP contribution in [0.5, 0.6) is 5.88 Å². The fourth-order valence-electron chi connectivity index (χ4n) is 4.81. The van der Waals surface area contributed by atoms with Crippen molar-refractivity contribution in [2.24, 2.45) is 0 Å². The first-order valence-corrected chi connectivity index (χ1v) is 8.76. The minimum Gasteiger partial charge on any atom is -0.469 e. The number of fused-ring (bicyclic) bond motifs is 7. The molecule has 0 saturated heterocycles. The summed E-state index contributed by atoms with van der Waals surface area (Å²) in [5, 5.41) is 0. The van der Waals surface area contributed by atoms with Crippen LogP contribution in [0, 0.1) is 0 Å². The van der Waals surface area contributed by atoms with E-state index >= 15 is 0 Å². The van der Waals surface area contributed by atoms with Crippen LogP contribution >= 0.6 is 0 Å². The molecule has 3 unspecified atom stereocenters. The van der Waals surface area contributed by atoms with Crippen LogP contribution < -0.4 is 4.74 Å². The van der Waals surface area contributed by atoms with Crippen molar-refractivity contribution < 1.29 is 4.74 Å². The van der Waals surface area contributed by atoms with E-state index in [1.165, 1.54) is 28.2 Å². The van der Waals surface area contributed by atoms with E-state index in [2.05, 4.69) is 59.4 Å². The summed E-state index contributed by atoms with van der Waals surface area (Å²) in [6.45, 7) is 0.880. The Morgan fingerprint density at radius 3 is 3.08 bits per heavy atom. The Bertz CT molecular complexity index is 879. The van der Waals surface area contributed by atoms with E-state index in [0.29, 0.717) is 12.1 Å². The summed E-state index contributed by atoms with van der Waals surface area (Å²) >= 11 is 0. The van der Waals surface area contributed by atoms with E-state index < -0.39 is 0 Å². The SMILES string of the molecule is CN1C2=C(C=CCC2)N2Cc3nc4c(cc3C12)C1C=CC=CC1O4. The molecule has 0 bridgehead atoms. The van der Waals surface area contributed by atoms with E-state index in [-0.39, 0.29) is 6.10 Å². The van der Waals surface area contributed by atoms with Gasteiger partial charge in [0.25, 0.3) is 0 Å². The lowest BCUT2D eigenvalue weighted by molar-refractivity contribution is 0.182. The van der Waals surface area contributed by atoms with Crippen molar-refractivity contribution >= 4 is 0 Å². The van der Waals surface area contributed by atoms with Gasteiger partial charge in [-0.1, -0.05) is 24.3 Å². The molecule has 0 N–H and O–H groups in total. The number of allylic oxidation sites excluding steroid dienone is 5. The molecule has 0 spiro atoms. The Hall–Kier alpha value is -2.49. The first kappa shape index (κ1) is 12.9. The van der Waals surface area contributed by atoms with Crippen LogP contribution in [0.2, 0.25) is 0 Å². The lowest BCUT2D eigenvalue weighted by atomic mass is 9.92. The first-order chi connectivity index (χ1) is 11.8. The molecule has 5 aliphatic rings. The summed E-state index contributed by atoms with van der Waals surface area (Å²) in [6, 6.07) is 2.36. The largest absolute Gasteiger partial charge is 0.469 e. The number of aromatic nitrogens is 1. The standard InChI is InChI=1S/C20H19N3O/c1-22-16-7-3-4-8-17(16)23-11-15-14(20(22)23)10-13-12-6-2-5-9-18(12)24-19(13)21-15/h2,4-6,8-10,12,18,20H,3,7,11H2,1H3. The number of nitrogens with zero attached hydrogens (tertiary/aromatic N) is 3. The highest BCUT2D eigenvalue weighted by atomic mass is 16.5. The minimum absolute atomic E-state index is 0.117. The van der Waals surface area contributed by atoms with Crippen LogP contribution in [0.4, 0.5) is 0 Å². The lowest BCUT2D eigenvalue weighted by Crippen LogP contribution is -2.24. The Balaban J connectivity index is 1.45. The molecule has 6 rings (SSSR count). The number of hydrogen-bond acceptors (Lipinski definition) is 4. The molecule has 0 fully saturated rings. The molecule has 4 heteroatoms. The summed E-state index contributed by atoms with van der Waals surface area (Å²) in [5.41, 5.74) is 6.62. The van der Waals surface area contributed by atoms with E-state index in [4.69, 9.17) is 9.72 Å². The molecule has 1 aromatic heterocycles. The molecular formula is C20H19N3O. The molecule has 24 heavy (non-hydrogen) atoms. The van der Waals surface area contributed by atoms with Gasteiger partial charge in [0.2, 0.25) is 5.88 Å². The fourth-order valence-corrected chi connectivity index (χ4v) is 4.81. The molecule has 4 nitrogen and oxygen atoms in total. The Labute approximate surface area is 141 Å². The van der Waals surface area contributed by atoms with Crippen LogP contribution in [-0.4, -0.2) is 27.9 Å². The normalized spacial score (nSPS) is 31.0. The molecule has 0 aromatic carbocycles. The van der Waals surface area contributed by atoms with Gasteiger partial charge in [-0.25, -0.2) is 4.98 Å². The van der Waals surface area contributed by atoms with Gasteiger partial charge in [-0.15, -0.1) is 0 Å². The van der Waals surface area contributed by atoms with Gasteiger partial charge in [-0.2, -0.15) is 0 Å². The van der Waals surface area contributed by atoms with Crippen molar-refractivity contribution in [1.82, 2.24) is 14.8 Å². The predicted octanol–water partition coefficient (Wildman–Crippen LogP) is 3.37. The van der Waals surface area contributed by atoms with Crippen molar-refractivity contribution in [3.8, 4) is 5.88 Å². The van der Waals surface area contributed by atoms with Gasteiger partial charge < -0.3 is 14.5 Å². The van der Waals surface area contributed by atoms with Gasteiger partial charge in [-0.05, 0) is 31.1 Å². The van der Waals surface area contributed by atoms with E-state index in [9.17, 15) is 0 Å². The predicted molar refractivity (Wildman–Crippen MR) is 91.1 cm³/mol. The van der Waals surface area contributed by atoms with Crippen LogP contribution in [0.25, 0.3) is 0 Å². The van der Waals surface area contributed by atoms with Gasteiger partial charge in [0.15, 0.2) is 0 Å². The molecule has 3 aliphatic heterocycles. The maximum atomic E-state index is 6.08. The second kappa shape index (κ2) is 4.32. The van der Waals surface area contributed by atoms with Gasteiger partial charge in [0.1, 0.15) is 12.3 Å². The Morgan fingerprint density at radius 1 is 1.21 bits per heavy atom. The quantitative estimate of drug-likeness (QED) is 0.733. The zero-order valence-corrected chi connectivity index (χ0v) is 13.6. The first-order valence-electron chi connectivity index (χ1n) is 8.76. The van der Waals surface area contributed by atoms with Crippen molar-refractivity contribution in [3.05, 3.63) is 70.7 Å². The topological polar surface area (TPSA) is 28.6 Å². The van der Waals surface area contributed by atoms with Crippen LogP contribution in [0.1, 0.15) is 41.7 Å². The molecule has 120 valence electrons. The average Bonchev–Trinajstić information content (AvgIpc) is 3.24. The Morgan fingerprint density at radius 2 is 2.12 bits per heavy atom. The van der Waals surface area contributed by atoms with Gasteiger partial charge in [-0.3, -0.25) is 0 Å². The number of ether oxygens (including phenoxy) is 1. The number of pyridine rings is 1. The smallest absolute Gasteiger partial charge is 0.218 e.